The Morgan fingerprint density at radius 2 is 2.04 bits per heavy atom. The zero-order valence-electron chi connectivity index (χ0n) is 13.6. The molecule has 0 bridgehead atoms. The number of imide groups is 1. The van der Waals surface area contributed by atoms with E-state index in [4.69, 9.17) is 5.11 Å². The molecule has 8 nitrogen and oxygen atoms in total. The van der Waals surface area contributed by atoms with Gasteiger partial charge < -0.3 is 10.4 Å². The van der Waals surface area contributed by atoms with Crippen molar-refractivity contribution in [3.63, 3.8) is 0 Å². The summed E-state index contributed by atoms with van der Waals surface area (Å²) >= 11 is 0. The van der Waals surface area contributed by atoms with Crippen molar-refractivity contribution in [2.45, 2.75) is 19.0 Å². The van der Waals surface area contributed by atoms with Gasteiger partial charge in [0, 0.05) is 19.2 Å². The molecular formula is C17H19N5O3. The predicted octanol–water partition coefficient (Wildman–Crippen LogP) is 0.447. The van der Waals surface area contributed by atoms with Crippen molar-refractivity contribution in [1.29, 1.82) is 0 Å². The number of carbonyl (C=O) groups excluding carboxylic acids is 2. The largest absolute Gasteiger partial charge is 0.394 e. The lowest BCUT2D eigenvalue weighted by atomic mass is 10.1. The van der Waals surface area contributed by atoms with Crippen LogP contribution in [0.3, 0.4) is 0 Å². The van der Waals surface area contributed by atoms with Gasteiger partial charge in [-0.15, -0.1) is 5.10 Å². The van der Waals surface area contributed by atoms with Crippen LogP contribution in [0.4, 0.5) is 4.79 Å². The summed E-state index contributed by atoms with van der Waals surface area (Å²) in [7, 11) is 0. The monoisotopic (exact) mass is 341 g/mol. The molecule has 1 aliphatic heterocycles. The van der Waals surface area contributed by atoms with Crippen molar-refractivity contribution in [3.05, 3.63) is 53.9 Å². The average molecular weight is 341 g/mol. The minimum Gasteiger partial charge on any atom is -0.394 e. The van der Waals surface area contributed by atoms with Crippen molar-refractivity contribution in [2.75, 3.05) is 13.2 Å². The van der Waals surface area contributed by atoms with Gasteiger partial charge in [-0.3, -0.25) is 9.69 Å². The van der Waals surface area contributed by atoms with E-state index in [0.29, 0.717) is 12.2 Å². The molecule has 3 amide bonds. The van der Waals surface area contributed by atoms with Gasteiger partial charge in [-0.2, -0.15) is 0 Å². The van der Waals surface area contributed by atoms with Gasteiger partial charge in [-0.05, 0) is 5.56 Å². The first-order valence-corrected chi connectivity index (χ1v) is 8.00. The molecule has 1 aromatic carbocycles. The molecule has 1 atom stereocenters. The molecule has 8 heteroatoms. The number of nitrogens with zero attached hydrogens (tertiary/aromatic N) is 4. The third kappa shape index (κ3) is 4.10. The fourth-order valence-electron chi connectivity index (χ4n) is 2.60. The van der Waals surface area contributed by atoms with Gasteiger partial charge in [0.15, 0.2) is 0 Å². The Labute approximate surface area is 144 Å². The maximum Gasteiger partial charge on any atom is 0.325 e. The van der Waals surface area contributed by atoms with Crippen molar-refractivity contribution >= 4 is 18.0 Å². The van der Waals surface area contributed by atoms with E-state index in [1.54, 1.807) is 12.3 Å². The average Bonchev–Trinajstić information content (AvgIpc) is 3.16. The zero-order chi connectivity index (χ0) is 17.6. The Balaban J connectivity index is 1.58. The summed E-state index contributed by atoms with van der Waals surface area (Å²) in [4.78, 5) is 25.6. The van der Waals surface area contributed by atoms with Gasteiger partial charge in [0.1, 0.15) is 6.04 Å². The third-order valence-corrected chi connectivity index (χ3v) is 3.83. The molecule has 25 heavy (non-hydrogen) atoms. The zero-order valence-corrected chi connectivity index (χ0v) is 13.6. The van der Waals surface area contributed by atoms with Gasteiger partial charge in [-0.25, -0.2) is 9.48 Å². The Hall–Kier alpha value is -3.00. The molecule has 2 N–H and O–H groups in total. The molecule has 0 saturated carbocycles. The number of carbonyl (C=O) groups is 2. The van der Waals surface area contributed by atoms with E-state index in [9.17, 15) is 9.59 Å². The van der Waals surface area contributed by atoms with Crippen LogP contribution in [0, 0.1) is 0 Å². The molecule has 2 heterocycles. The standard InChI is InChI=1S/C17H19N5O3/c23-10-9-21-12-14(19-20-21)11-15-16(24)22(17(25)18-15)8-4-7-13-5-2-1-3-6-13/h1-7,12,15,23H,8-11H2,(H,18,25)/b7-4+. The fourth-order valence-corrected chi connectivity index (χ4v) is 2.60. The highest BCUT2D eigenvalue weighted by atomic mass is 16.3. The summed E-state index contributed by atoms with van der Waals surface area (Å²) in [5.41, 5.74) is 1.60. The highest BCUT2D eigenvalue weighted by Gasteiger charge is 2.37. The van der Waals surface area contributed by atoms with Gasteiger partial charge in [0.05, 0.1) is 18.8 Å². The highest BCUT2D eigenvalue weighted by Crippen LogP contribution is 2.11. The van der Waals surface area contributed by atoms with Gasteiger partial charge in [-0.1, -0.05) is 47.7 Å². The predicted molar refractivity (Wildman–Crippen MR) is 90.3 cm³/mol. The molecule has 1 aliphatic rings. The molecule has 1 saturated heterocycles. The van der Waals surface area contributed by atoms with Crippen LogP contribution in [0.1, 0.15) is 11.3 Å². The number of hydrogen-bond donors (Lipinski definition) is 2. The first kappa shape index (κ1) is 16.8. The van der Waals surface area contributed by atoms with Crippen molar-refractivity contribution in [3.8, 4) is 0 Å². The van der Waals surface area contributed by atoms with Gasteiger partial charge in [0.25, 0.3) is 5.91 Å². The van der Waals surface area contributed by atoms with Crippen LogP contribution in [0.5, 0.6) is 0 Å². The second-order valence-electron chi connectivity index (χ2n) is 5.66. The van der Waals surface area contributed by atoms with Crippen LogP contribution in [-0.4, -0.2) is 56.1 Å². The number of amides is 3. The molecule has 130 valence electrons. The van der Waals surface area contributed by atoms with Crippen LogP contribution in [0.2, 0.25) is 0 Å². The molecule has 0 radical (unpaired) electrons. The second kappa shape index (κ2) is 7.71. The minimum absolute atomic E-state index is 0.0383. The van der Waals surface area contributed by atoms with E-state index < -0.39 is 12.1 Å². The smallest absolute Gasteiger partial charge is 0.325 e. The van der Waals surface area contributed by atoms with Gasteiger partial charge >= 0.3 is 6.03 Å². The first-order valence-electron chi connectivity index (χ1n) is 8.00. The number of hydrogen-bond acceptors (Lipinski definition) is 5. The summed E-state index contributed by atoms with van der Waals surface area (Å²) in [5.74, 6) is -0.278. The first-order chi connectivity index (χ1) is 12.2. The van der Waals surface area contributed by atoms with Crippen molar-refractivity contribution in [2.24, 2.45) is 0 Å². The summed E-state index contributed by atoms with van der Waals surface area (Å²) in [5, 5.41) is 19.3. The van der Waals surface area contributed by atoms with Crippen molar-refractivity contribution < 1.29 is 14.7 Å². The molecule has 1 aromatic heterocycles. The van der Waals surface area contributed by atoms with E-state index in [1.807, 2.05) is 36.4 Å². The Bertz CT molecular complexity index is 772. The molecule has 3 rings (SSSR count). The topological polar surface area (TPSA) is 100 Å². The van der Waals surface area contributed by atoms with Crippen molar-refractivity contribution in [1.82, 2.24) is 25.2 Å². The number of aliphatic hydroxyl groups excluding tert-OH is 1. The van der Waals surface area contributed by atoms with Crippen LogP contribution in [0.25, 0.3) is 6.08 Å². The molecule has 0 aliphatic carbocycles. The molecule has 2 aromatic rings. The maximum atomic E-state index is 12.4. The van der Waals surface area contributed by atoms with Crippen LogP contribution >= 0.6 is 0 Å². The number of aliphatic hydroxyl groups is 1. The van der Waals surface area contributed by atoms with E-state index >= 15 is 0 Å². The number of rotatable bonds is 7. The van der Waals surface area contributed by atoms with Crippen LogP contribution in [-0.2, 0) is 17.8 Å². The summed E-state index contributed by atoms with van der Waals surface area (Å²) in [6.45, 7) is 0.519. The Kier molecular flexibility index (Phi) is 5.20. The maximum absolute atomic E-state index is 12.4. The Morgan fingerprint density at radius 1 is 1.24 bits per heavy atom. The van der Waals surface area contributed by atoms with E-state index in [0.717, 1.165) is 5.56 Å². The normalized spacial score (nSPS) is 17.5. The third-order valence-electron chi connectivity index (χ3n) is 3.83. The minimum atomic E-state index is -0.642. The molecule has 1 fully saturated rings. The lowest BCUT2D eigenvalue weighted by molar-refractivity contribution is -0.127. The lowest BCUT2D eigenvalue weighted by Crippen LogP contribution is -2.32. The van der Waals surface area contributed by atoms with E-state index in [2.05, 4.69) is 15.6 Å². The Morgan fingerprint density at radius 3 is 2.80 bits per heavy atom. The number of nitrogens with one attached hydrogen (secondary N) is 1. The summed E-state index contributed by atoms with van der Waals surface area (Å²) < 4.78 is 1.50. The number of benzene rings is 1. The SMILES string of the molecule is O=C1NC(Cc2cn(CCO)nn2)C(=O)N1C/C=C/c1ccccc1. The second-order valence-corrected chi connectivity index (χ2v) is 5.66. The molecule has 0 spiro atoms. The lowest BCUT2D eigenvalue weighted by Gasteiger charge is -2.09. The van der Waals surface area contributed by atoms with Crippen LogP contribution in [0.15, 0.2) is 42.6 Å². The summed E-state index contributed by atoms with van der Waals surface area (Å²) in [6, 6.07) is 8.62. The van der Waals surface area contributed by atoms with E-state index in [1.165, 1.54) is 9.58 Å². The van der Waals surface area contributed by atoms with Crippen LogP contribution < -0.4 is 5.32 Å². The fraction of sp³-hybridized carbons (Fsp3) is 0.294. The molecule has 1 unspecified atom stereocenters. The number of urea groups is 1. The highest BCUT2D eigenvalue weighted by molar-refractivity contribution is 6.04. The van der Waals surface area contributed by atoms with Gasteiger partial charge in [0.2, 0.25) is 0 Å². The number of aromatic nitrogens is 3. The molecular weight excluding hydrogens is 322 g/mol. The van der Waals surface area contributed by atoms with E-state index in [-0.39, 0.29) is 25.5 Å². The quantitative estimate of drug-likeness (QED) is 0.712. The summed E-state index contributed by atoms with van der Waals surface area (Å²) in [6.07, 6.45) is 5.59.